The Morgan fingerprint density at radius 3 is 1.38 bits per heavy atom. The van der Waals surface area contributed by atoms with Crippen molar-refractivity contribution < 1.29 is 10.2 Å². The van der Waals surface area contributed by atoms with Crippen LogP contribution in [0.2, 0.25) is 0 Å². The van der Waals surface area contributed by atoms with Crippen molar-refractivity contribution >= 4 is 11.4 Å². The summed E-state index contributed by atoms with van der Waals surface area (Å²) in [6.45, 7) is 8.34. The molecule has 0 aromatic carbocycles. The highest BCUT2D eigenvalue weighted by Gasteiger charge is 2.27. The van der Waals surface area contributed by atoms with Gasteiger partial charge in [0.15, 0.2) is 0 Å². The first-order chi connectivity index (χ1) is 11.4. The molecule has 0 aromatic rings. The van der Waals surface area contributed by atoms with Crippen LogP contribution in [0, 0.1) is 11.8 Å². The zero-order valence-corrected chi connectivity index (χ0v) is 15.9. The van der Waals surface area contributed by atoms with Gasteiger partial charge in [0.2, 0.25) is 0 Å². The maximum Gasteiger partial charge on any atom is 0.0691 e. The first-order valence-corrected chi connectivity index (χ1v) is 9.85. The first-order valence-electron chi connectivity index (χ1n) is 9.85. The van der Waals surface area contributed by atoms with Gasteiger partial charge in [-0.1, -0.05) is 25.7 Å². The van der Waals surface area contributed by atoms with Crippen LogP contribution in [-0.2, 0) is 0 Å². The number of aliphatic hydroxyl groups excluding tert-OH is 2. The molecule has 0 spiro atoms. The van der Waals surface area contributed by atoms with Gasteiger partial charge in [0.05, 0.1) is 24.3 Å². The van der Waals surface area contributed by atoms with Crippen molar-refractivity contribution in [2.75, 3.05) is 0 Å². The molecular weight excluding hydrogens is 300 g/mol. The van der Waals surface area contributed by atoms with E-state index in [1.54, 1.807) is 0 Å². The second-order valence-corrected chi connectivity index (χ2v) is 7.94. The van der Waals surface area contributed by atoms with Gasteiger partial charge < -0.3 is 10.2 Å². The lowest BCUT2D eigenvalue weighted by atomic mass is 9.83. The normalized spacial score (nSPS) is 35.6. The topological polar surface area (TPSA) is 65.2 Å². The molecule has 0 aromatic heterocycles. The molecule has 2 rings (SSSR count). The van der Waals surface area contributed by atoms with Crippen molar-refractivity contribution in [2.24, 2.45) is 21.8 Å². The van der Waals surface area contributed by atoms with Crippen LogP contribution in [0.15, 0.2) is 9.98 Å². The van der Waals surface area contributed by atoms with Gasteiger partial charge in [0.1, 0.15) is 0 Å². The molecule has 4 nitrogen and oxygen atoms in total. The summed E-state index contributed by atoms with van der Waals surface area (Å²) in [4.78, 5) is 9.71. The molecule has 2 N–H and O–H groups in total. The maximum atomic E-state index is 10.2. The number of hydrogen-bond acceptors (Lipinski definition) is 4. The molecule has 0 amide bonds. The zero-order valence-electron chi connectivity index (χ0n) is 15.9. The molecular formula is C20H36N2O2. The summed E-state index contributed by atoms with van der Waals surface area (Å²) in [7, 11) is 0. The Bertz CT molecular complexity index is 419. The Labute approximate surface area is 147 Å². The fourth-order valence-corrected chi connectivity index (χ4v) is 4.25. The minimum absolute atomic E-state index is 0.106. The van der Waals surface area contributed by atoms with Crippen LogP contribution in [0.3, 0.4) is 0 Å². The van der Waals surface area contributed by atoms with Gasteiger partial charge in [0.25, 0.3) is 0 Å². The van der Waals surface area contributed by atoms with Gasteiger partial charge >= 0.3 is 0 Å². The Hall–Kier alpha value is -0.740. The van der Waals surface area contributed by atoms with Crippen LogP contribution >= 0.6 is 0 Å². The molecule has 0 radical (unpaired) electrons. The minimum atomic E-state index is -0.229. The predicted molar refractivity (Wildman–Crippen MR) is 101 cm³/mol. The SMILES string of the molecule is CC(=NC(C)C(C)N=C(C)C1CCCCC1O)C1CCCCC1O. The molecule has 2 fully saturated rings. The summed E-state index contributed by atoms with van der Waals surface area (Å²) in [6.07, 6.45) is 8.08. The van der Waals surface area contributed by atoms with Gasteiger partial charge in [-0.05, 0) is 53.4 Å². The molecule has 0 saturated heterocycles. The third-order valence-corrected chi connectivity index (χ3v) is 6.04. The van der Waals surface area contributed by atoms with Gasteiger partial charge in [-0.3, -0.25) is 9.98 Å². The van der Waals surface area contributed by atoms with Crippen molar-refractivity contribution in [3.05, 3.63) is 0 Å². The van der Waals surface area contributed by atoms with E-state index >= 15 is 0 Å². The Morgan fingerprint density at radius 2 is 1.04 bits per heavy atom. The third-order valence-electron chi connectivity index (χ3n) is 6.04. The van der Waals surface area contributed by atoms with E-state index in [0.29, 0.717) is 0 Å². The molecule has 24 heavy (non-hydrogen) atoms. The molecule has 138 valence electrons. The van der Waals surface area contributed by atoms with Crippen LogP contribution in [-0.4, -0.2) is 45.9 Å². The standard InChI is InChI=1S/C20H36N2O2/c1-13(21-15(3)17-9-5-7-11-19(17)23)14(2)22-16(4)18-10-6-8-12-20(18)24/h13-14,17-20,23-24H,5-12H2,1-4H3. The highest BCUT2D eigenvalue weighted by atomic mass is 16.3. The summed E-state index contributed by atoms with van der Waals surface area (Å²) in [6, 6.07) is 0.213. The summed E-state index contributed by atoms with van der Waals surface area (Å²) >= 11 is 0. The fraction of sp³-hybridized carbons (Fsp3) is 0.900. The Morgan fingerprint density at radius 1 is 0.708 bits per heavy atom. The van der Waals surface area contributed by atoms with E-state index in [1.165, 1.54) is 12.8 Å². The average molecular weight is 337 g/mol. The Balaban J connectivity index is 1.98. The lowest BCUT2D eigenvalue weighted by Gasteiger charge is -2.29. The summed E-state index contributed by atoms with van der Waals surface area (Å²) < 4.78 is 0. The molecule has 0 aliphatic heterocycles. The molecule has 6 unspecified atom stereocenters. The summed E-state index contributed by atoms with van der Waals surface area (Å²) in [5, 5.41) is 20.4. The minimum Gasteiger partial charge on any atom is -0.392 e. The average Bonchev–Trinajstić information content (AvgIpc) is 2.55. The predicted octanol–water partition coefficient (Wildman–Crippen LogP) is 3.79. The van der Waals surface area contributed by atoms with Crippen LogP contribution in [0.5, 0.6) is 0 Å². The summed E-state index contributed by atoms with van der Waals surface area (Å²) in [5.74, 6) is 0.442. The molecule has 0 bridgehead atoms. The largest absolute Gasteiger partial charge is 0.392 e. The van der Waals surface area contributed by atoms with Crippen molar-refractivity contribution in [1.29, 1.82) is 0 Å². The molecule has 2 aliphatic carbocycles. The van der Waals surface area contributed by atoms with Gasteiger partial charge in [-0.2, -0.15) is 0 Å². The molecule has 4 heteroatoms. The molecule has 2 aliphatic rings. The van der Waals surface area contributed by atoms with Crippen LogP contribution in [0.4, 0.5) is 0 Å². The van der Waals surface area contributed by atoms with E-state index in [9.17, 15) is 10.2 Å². The van der Waals surface area contributed by atoms with Crippen LogP contribution in [0.25, 0.3) is 0 Å². The second kappa shape index (κ2) is 9.10. The smallest absolute Gasteiger partial charge is 0.0691 e. The number of aliphatic imine (C=N–C) groups is 2. The maximum absolute atomic E-state index is 10.2. The number of rotatable bonds is 5. The molecule has 2 saturated carbocycles. The first kappa shape index (κ1) is 19.6. The van der Waals surface area contributed by atoms with E-state index in [2.05, 4.69) is 27.7 Å². The fourth-order valence-electron chi connectivity index (χ4n) is 4.25. The van der Waals surface area contributed by atoms with Crippen molar-refractivity contribution in [3.8, 4) is 0 Å². The number of hydrogen-bond donors (Lipinski definition) is 2. The number of aliphatic hydroxyl groups is 2. The lowest BCUT2D eigenvalue weighted by Crippen LogP contribution is -2.33. The zero-order chi connectivity index (χ0) is 17.7. The van der Waals surface area contributed by atoms with Crippen molar-refractivity contribution in [3.63, 3.8) is 0 Å². The van der Waals surface area contributed by atoms with E-state index in [0.717, 1.165) is 49.9 Å². The quantitative estimate of drug-likeness (QED) is 0.750. The van der Waals surface area contributed by atoms with Gasteiger partial charge in [-0.25, -0.2) is 0 Å². The molecule has 6 atom stereocenters. The van der Waals surface area contributed by atoms with E-state index in [1.807, 2.05) is 0 Å². The van der Waals surface area contributed by atoms with E-state index < -0.39 is 0 Å². The highest BCUT2D eigenvalue weighted by Crippen LogP contribution is 2.27. The van der Waals surface area contributed by atoms with Crippen molar-refractivity contribution in [2.45, 2.75) is 103 Å². The monoisotopic (exact) mass is 336 g/mol. The van der Waals surface area contributed by atoms with Gasteiger partial charge in [0, 0.05) is 23.3 Å². The van der Waals surface area contributed by atoms with E-state index in [4.69, 9.17) is 9.98 Å². The van der Waals surface area contributed by atoms with Gasteiger partial charge in [-0.15, -0.1) is 0 Å². The highest BCUT2D eigenvalue weighted by molar-refractivity contribution is 5.86. The third kappa shape index (κ3) is 5.13. The van der Waals surface area contributed by atoms with Crippen LogP contribution < -0.4 is 0 Å². The summed E-state index contributed by atoms with van der Waals surface area (Å²) in [5.41, 5.74) is 2.15. The van der Waals surface area contributed by atoms with Crippen LogP contribution in [0.1, 0.15) is 79.1 Å². The van der Waals surface area contributed by atoms with Crippen molar-refractivity contribution in [1.82, 2.24) is 0 Å². The lowest BCUT2D eigenvalue weighted by molar-refractivity contribution is 0.100. The van der Waals surface area contributed by atoms with E-state index in [-0.39, 0.29) is 36.1 Å². The molecule has 0 heterocycles. The number of nitrogens with zero attached hydrogens (tertiary/aromatic N) is 2. The Kier molecular flexibility index (Phi) is 7.42. The second-order valence-electron chi connectivity index (χ2n) is 7.94.